The minimum Gasteiger partial charge on any atom is -0.406 e. The van der Waals surface area contributed by atoms with E-state index in [1.807, 2.05) is 42.3 Å². The van der Waals surface area contributed by atoms with E-state index in [2.05, 4.69) is 10.2 Å². The van der Waals surface area contributed by atoms with Gasteiger partial charge in [-0.05, 0) is 12.1 Å². The van der Waals surface area contributed by atoms with Crippen LogP contribution in [0.2, 0.25) is 0 Å². The molecule has 0 amide bonds. The fraction of sp³-hybridized carbons (Fsp3) is 0.200. The van der Waals surface area contributed by atoms with E-state index in [-0.39, 0.29) is 6.54 Å². The molecule has 5 heteroatoms. The topological polar surface area (TPSA) is 68.2 Å². The zero-order valence-electron chi connectivity index (χ0n) is 8.42. The Morgan fingerprint density at radius 1 is 1.27 bits per heavy atom. The van der Waals surface area contributed by atoms with Gasteiger partial charge in [-0.3, -0.25) is 4.90 Å². The molecule has 0 saturated heterocycles. The molecule has 2 N–H and O–H groups in total. The van der Waals surface area contributed by atoms with Gasteiger partial charge < -0.3 is 10.2 Å². The molecule has 0 fully saturated rings. The van der Waals surface area contributed by atoms with E-state index in [1.165, 1.54) is 0 Å². The minimum atomic E-state index is 0.260. The minimum absolute atomic E-state index is 0.260. The molecule has 0 bridgehead atoms. The Kier molecular flexibility index (Phi) is 2.64. The van der Waals surface area contributed by atoms with Crippen molar-refractivity contribution in [2.45, 2.75) is 6.54 Å². The van der Waals surface area contributed by atoms with Gasteiger partial charge in [-0.25, -0.2) is 0 Å². The summed E-state index contributed by atoms with van der Waals surface area (Å²) in [6, 6.07) is 10.2. The van der Waals surface area contributed by atoms with Crippen molar-refractivity contribution in [1.29, 1.82) is 0 Å². The number of hydrogen-bond donors (Lipinski definition) is 1. The van der Waals surface area contributed by atoms with Crippen molar-refractivity contribution in [2.75, 3.05) is 11.9 Å². The lowest BCUT2D eigenvalue weighted by molar-refractivity contribution is 0.501. The summed E-state index contributed by atoms with van der Waals surface area (Å²) in [6.45, 7) is 0.260. The van der Waals surface area contributed by atoms with Crippen LogP contribution in [0.1, 0.15) is 5.89 Å². The van der Waals surface area contributed by atoms with Crippen molar-refractivity contribution in [3.05, 3.63) is 36.2 Å². The average Bonchev–Trinajstić information content (AvgIpc) is 2.78. The largest absolute Gasteiger partial charge is 0.406 e. The second-order valence-corrected chi connectivity index (χ2v) is 3.08. The molecule has 0 aliphatic heterocycles. The van der Waals surface area contributed by atoms with Crippen LogP contribution in [0.25, 0.3) is 0 Å². The van der Waals surface area contributed by atoms with Crippen molar-refractivity contribution >= 4 is 11.7 Å². The molecule has 0 aliphatic carbocycles. The molecule has 78 valence electrons. The first kappa shape index (κ1) is 9.67. The third-order valence-electron chi connectivity index (χ3n) is 2.06. The zero-order valence-corrected chi connectivity index (χ0v) is 8.42. The number of para-hydroxylation sites is 1. The third kappa shape index (κ3) is 1.97. The smallest absolute Gasteiger partial charge is 0.322 e. The van der Waals surface area contributed by atoms with Crippen molar-refractivity contribution in [3.8, 4) is 0 Å². The molecule has 2 aromatic rings. The summed E-state index contributed by atoms with van der Waals surface area (Å²) in [4.78, 5) is 1.81. The quantitative estimate of drug-likeness (QED) is 0.816. The van der Waals surface area contributed by atoms with Gasteiger partial charge in [-0.2, -0.15) is 0 Å². The number of benzene rings is 1. The first-order valence-corrected chi connectivity index (χ1v) is 4.62. The normalized spacial score (nSPS) is 10.3. The van der Waals surface area contributed by atoms with Gasteiger partial charge in [-0.15, -0.1) is 5.10 Å². The summed E-state index contributed by atoms with van der Waals surface area (Å²) in [5.41, 5.74) is 6.38. The monoisotopic (exact) mass is 204 g/mol. The molecule has 1 aromatic carbocycles. The van der Waals surface area contributed by atoms with E-state index in [9.17, 15) is 0 Å². The Bertz CT molecular complexity index is 426. The highest BCUT2D eigenvalue weighted by molar-refractivity contribution is 5.54. The first-order chi connectivity index (χ1) is 7.31. The number of rotatable bonds is 3. The SMILES string of the molecule is CN(c1ccccc1)c1nnc(CN)o1. The Balaban J connectivity index is 2.24. The number of aromatic nitrogens is 2. The van der Waals surface area contributed by atoms with E-state index in [0.29, 0.717) is 11.9 Å². The highest BCUT2D eigenvalue weighted by Crippen LogP contribution is 2.20. The number of anilines is 2. The van der Waals surface area contributed by atoms with Crippen LogP contribution in [0.3, 0.4) is 0 Å². The third-order valence-corrected chi connectivity index (χ3v) is 2.06. The lowest BCUT2D eigenvalue weighted by atomic mass is 10.3. The summed E-state index contributed by atoms with van der Waals surface area (Å²) in [5.74, 6) is 0.438. The highest BCUT2D eigenvalue weighted by Gasteiger charge is 2.10. The van der Waals surface area contributed by atoms with E-state index in [0.717, 1.165) is 5.69 Å². The van der Waals surface area contributed by atoms with Gasteiger partial charge in [-0.1, -0.05) is 23.3 Å². The molecule has 5 nitrogen and oxygen atoms in total. The number of nitrogens with two attached hydrogens (primary N) is 1. The van der Waals surface area contributed by atoms with Gasteiger partial charge in [0.1, 0.15) is 0 Å². The molecule has 15 heavy (non-hydrogen) atoms. The Hall–Kier alpha value is -1.88. The maximum absolute atomic E-state index is 5.39. The summed E-state index contributed by atoms with van der Waals surface area (Å²) < 4.78 is 5.33. The van der Waals surface area contributed by atoms with Gasteiger partial charge in [0.05, 0.1) is 6.54 Å². The Morgan fingerprint density at radius 2 is 2.00 bits per heavy atom. The summed E-state index contributed by atoms with van der Waals surface area (Å²) in [7, 11) is 1.86. The first-order valence-electron chi connectivity index (χ1n) is 4.62. The van der Waals surface area contributed by atoms with E-state index < -0.39 is 0 Å². The van der Waals surface area contributed by atoms with Gasteiger partial charge in [0.25, 0.3) is 0 Å². The lowest BCUT2D eigenvalue weighted by Crippen LogP contribution is -2.09. The molecular formula is C10H12N4O. The van der Waals surface area contributed by atoms with Crippen LogP contribution >= 0.6 is 0 Å². The molecule has 0 radical (unpaired) electrons. The van der Waals surface area contributed by atoms with Crippen LogP contribution < -0.4 is 10.6 Å². The van der Waals surface area contributed by atoms with E-state index in [1.54, 1.807) is 0 Å². The summed E-state index contributed by atoms with van der Waals surface area (Å²) in [5, 5.41) is 7.69. The standard InChI is InChI=1S/C10H12N4O/c1-14(8-5-3-2-4-6-8)10-13-12-9(7-11)15-10/h2-6H,7,11H2,1H3. The maximum Gasteiger partial charge on any atom is 0.322 e. The lowest BCUT2D eigenvalue weighted by Gasteiger charge is -2.12. The molecular weight excluding hydrogens is 192 g/mol. The molecule has 0 spiro atoms. The second kappa shape index (κ2) is 4.10. The molecule has 1 heterocycles. The molecule has 0 saturated carbocycles. The average molecular weight is 204 g/mol. The Morgan fingerprint density at radius 3 is 2.60 bits per heavy atom. The van der Waals surface area contributed by atoms with Crippen LogP contribution in [-0.4, -0.2) is 17.2 Å². The van der Waals surface area contributed by atoms with Crippen molar-refractivity contribution in [1.82, 2.24) is 10.2 Å². The van der Waals surface area contributed by atoms with Crippen molar-refractivity contribution in [3.63, 3.8) is 0 Å². The second-order valence-electron chi connectivity index (χ2n) is 3.08. The maximum atomic E-state index is 5.39. The number of hydrogen-bond acceptors (Lipinski definition) is 5. The molecule has 0 atom stereocenters. The van der Waals surface area contributed by atoms with E-state index >= 15 is 0 Å². The van der Waals surface area contributed by atoms with Gasteiger partial charge in [0, 0.05) is 12.7 Å². The fourth-order valence-corrected chi connectivity index (χ4v) is 1.22. The predicted octanol–water partition coefficient (Wildman–Crippen LogP) is 1.30. The van der Waals surface area contributed by atoms with Crippen molar-refractivity contribution in [2.24, 2.45) is 5.73 Å². The number of nitrogens with zero attached hydrogens (tertiary/aromatic N) is 3. The van der Waals surface area contributed by atoms with Gasteiger partial charge in [0.2, 0.25) is 5.89 Å². The molecule has 0 aliphatic rings. The zero-order chi connectivity index (χ0) is 10.7. The van der Waals surface area contributed by atoms with Crippen molar-refractivity contribution < 1.29 is 4.42 Å². The van der Waals surface area contributed by atoms with Crippen LogP contribution in [0.4, 0.5) is 11.7 Å². The van der Waals surface area contributed by atoms with Crippen LogP contribution in [0.5, 0.6) is 0 Å². The molecule has 1 aromatic heterocycles. The predicted molar refractivity (Wildman–Crippen MR) is 56.7 cm³/mol. The Labute approximate surface area is 87.5 Å². The molecule has 0 unspecified atom stereocenters. The summed E-state index contributed by atoms with van der Waals surface area (Å²) in [6.07, 6.45) is 0. The molecule has 2 rings (SSSR count). The van der Waals surface area contributed by atoms with Gasteiger partial charge >= 0.3 is 6.01 Å². The van der Waals surface area contributed by atoms with Gasteiger partial charge in [0.15, 0.2) is 0 Å². The van der Waals surface area contributed by atoms with Crippen LogP contribution in [0.15, 0.2) is 34.7 Å². The fourth-order valence-electron chi connectivity index (χ4n) is 1.22. The van der Waals surface area contributed by atoms with Crippen LogP contribution in [0, 0.1) is 0 Å². The highest BCUT2D eigenvalue weighted by atomic mass is 16.4. The van der Waals surface area contributed by atoms with E-state index in [4.69, 9.17) is 10.2 Å². The van der Waals surface area contributed by atoms with Crippen LogP contribution in [-0.2, 0) is 6.54 Å². The summed E-state index contributed by atoms with van der Waals surface area (Å²) >= 11 is 0.